The van der Waals surface area contributed by atoms with Gasteiger partial charge in [-0.1, -0.05) is 6.07 Å². The Kier molecular flexibility index (Phi) is 8.79. The number of nitrogens with zero attached hydrogens (tertiary/aromatic N) is 3. The quantitative estimate of drug-likeness (QED) is 0.850. The van der Waals surface area contributed by atoms with Gasteiger partial charge in [-0.25, -0.2) is 4.98 Å². The number of rotatable bonds is 4. The molecule has 8 heteroatoms. The molecule has 2 aromatic heterocycles. The van der Waals surface area contributed by atoms with Gasteiger partial charge in [0.15, 0.2) is 0 Å². The van der Waals surface area contributed by atoms with Crippen molar-refractivity contribution in [1.29, 1.82) is 0 Å². The van der Waals surface area contributed by atoms with E-state index in [0.717, 1.165) is 42.2 Å². The molecule has 138 valence electrons. The number of nitrogens with two attached hydrogens (primary N) is 1. The minimum atomic E-state index is 0. The minimum absolute atomic E-state index is 0. The molecule has 2 atom stereocenters. The SMILES string of the molecule is CC(N)C1CCCCN1C(=O)Cc1csc(-c2ccccn2)n1.Cl.Cl. The van der Waals surface area contributed by atoms with Gasteiger partial charge < -0.3 is 10.6 Å². The summed E-state index contributed by atoms with van der Waals surface area (Å²) in [6, 6.07) is 5.92. The van der Waals surface area contributed by atoms with Crippen LogP contribution in [0.3, 0.4) is 0 Å². The molecule has 0 aliphatic carbocycles. The smallest absolute Gasteiger partial charge is 0.228 e. The maximum atomic E-state index is 12.6. The fourth-order valence-electron chi connectivity index (χ4n) is 3.07. The molecule has 5 nitrogen and oxygen atoms in total. The highest BCUT2D eigenvalue weighted by molar-refractivity contribution is 7.13. The summed E-state index contributed by atoms with van der Waals surface area (Å²) < 4.78 is 0. The van der Waals surface area contributed by atoms with Crippen molar-refractivity contribution in [2.75, 3.05) is 6.54 Å². The third-order valence-corrected chi connectivity index (χ3v) is 5.16. The van der Waals surface area contributed by atoms with Crippen molar-refractivity contribution < 1.29 is 4.79 Å². The summed E-state index contributed by atoms with van der Waals surface area (Å²) >= 11 is 1.53. The average Bonchev–Trinajstić information content (AvgIpc) is 3.04. The molecule has 25 heavy (non-hydrogen) atoms. The molecular weight excluding hydrogens is 379 g/mol. The van der Waals surface area contributed by atoms with E-state index in [1.54, 1.807) is 6.20 Å². The molecular formula is C17H24Cl2N4OS. The first-order valence-corrected chi connectivity index (χ1v) is 8.94. The van der Waals surface area contributed by atoms with Crippen molar-refractivity contribution >= 4 is 42.1 Å². The second-order valence-electron chi connectivity index (χ2n) is 6.05. The molecule has 1 amide bonds. The molecule has 0 aromatic carbocycles. The van der Waals surface area contributed by atoms with Crippen molar-refractivity contribution in [3.8, 4) is 10.7 Å². The Bertz CT molecular complexity index is 666. The van der Waals surface area contributed by atoms with Crippen molar-refractivity contribution in [1.82, 2.24) is 14.9 Å². The number of pyridine rings is 1. The number of thiazole rings is 1. The van der Waals surface area contributed by atoms with Crippen LogP contribution in [0.15, 0.2) is 29.8 Å². The maximum Gasteiger partial charge on any atom is 0.228 e. The van der Waals surface area contributed by atoms with Crippen LogP contribution < -0.4 is 5.73 Å². The first-order valence-electron chi connectivity index (χ1n) is 8.06. The lowest BCUT2D eigenvalue weighted by molar-refractivity contribution is -0.134. The van der Waals surface area contributed by atoms with E-state index in [-0.39, 0.29) is 42.8 Å². The summed E-state index contributed by atoms with van der Waals surface area (Å²) in [6.45, 7) is 2.79. The number of hydrogen-bond donors (Lipinski definition) is 1. The number of piperidine rings is 1. The monoisotopic (exact) mass is 402 g/mol. The summed E-state index contributed by atoms with van der Waals surface area (Å²) in [7, 11) is 0. The fourth-order valence-corrected chi connectivity index (χ4v) is 3.86. The normalized spacial score (nSPS) is 18.0. The number of amides is 1. The van der Waals surface area contributed by atoms with E-state index >= 15 is 0 Å². The van der Waals surface area contributed by atoms with E-state index < -0.39 is 0 Å². The molecule has 0 saturated carbocycles. The van der Waals surface area contributed by atoms with Gasteiger partial charge in [-0.3, -0.25) is 9.78 Å². The summed E-state index contributed by atoms with van der Waals surface area (Å²) in [4.78, 5) is 23.5. The molecule has 0 spiro atoms. The maximum absolute atomic E-state index is 12.6. The summed E-state index contributed by atoms with van der Waals surface area (Å²) in [5, 5.41) is 2.81. The van der Waals surface area contributed by atoms with Crippen LogP contribution in [0.5, 0.6) is 0 Å². The lowest BCUT2D eigenvalue weighted by Gasteiger charge is -2.38. The Balaban J connectivity index is 0.00000156. The van der Waals surface area contributed by atoms with Crippen molar-refractivity contribution in [2.24, 2.45) is 5.73 Å². The van der Waals surface area contributed by atoms with E-state index in [4.69, 9.17) is 5.73 Å². The summed E-state index contributed by atoms with van der Waals surface area (Å²) in [5.74, 6) is 0.130. The van der Waals surface area contributed by atoms with Gasteiger partial charge in [-0.2, -0.15) is 0 Å². The van der Waals surface area contributed by atoms with Crippen LogP contribution in [0.1, 0.15) is 31.9 Å². The van der Waals surface area contributed by atoms with Crippen LogP contribution >= 0.6 is 36.2 Å². The third-order valence-electron chi connectivity index (χ3n) is 4.24. The molecule has 1 aliphatic rings. The molecule has 2 N–H and O–H groups in total. The highest BCUT2D eigenvalue weighted by Gasteiger charge is 2.29. The zero-order valence-electron chi connectivity index (χ0n) is 14.1. The second-order valence-corrected chi connectivity index (χ2v) is 6.90. The molecule has 1 fully saturated rings. The number of carbonyl (C=O) groups excluding carboxylic acids is 1. The number of hydrogen-bond acceptors (Lipinski definition) is 5. The number of likely N-dealkylation sites (tertiary alicyclic amines) is 1. The van der Waals surface area contributed by atoms with Crippen LogP contribution in [-0.2, 0) is 11.2 Å². The predicted octanol–water partition coefficient (Wildman–Crippen LogP) is 3.32. The molecule has 3 heterocycles. The topological polar surface area (TPSA) is 72.1 Å². The first kappa shape index (κ1) is 21.8. The minimum Gasteiger partial charge on any atom is -0.338 e. The van der Waals surface area contributed by atoms with Gasteiger partial charge >= 0.3 is 0 Å². The van der Waals surface area contributed by atoms with Crippen molar-refractivity contribution in [3.63, 3.8) is 0 Å². The molecule has 1 saturated heterocycles. The van der Waals surface area contributed by atoms with Gasteiger partial charge in [0, 0.05) is 30.2 Å². The summed E-state index contributed by atoms with van der Waals surface area (Å²) in [6.07, 6.45) is 5.30. The standard InChI is InChI=1S/C17H22N4OS.2ClH/c1-12(18)15-7-3-5-9-21(15)16(22)10-13-11-23-17(20-13)14-6-2-4-8-19-14;;/h2,4,6,8,11-12,15H,3,5,7,9-10,18H2,1H3;2*1H. The highest BCUT2D eigenvalue weighted by Crippen LogP contribution is 2.23. The molecule has 2 aromatic rings. The molecule has 0 bridgehead atoms. The Morgan fingerprint density at radius 3 is 2.88 bits per heavy atom. The third kappa shape index (κ3) is 5.38. The van der Waals surface area contributed by atoms with E-state index in [9.17, 15) is 4.79 Å². The van der Waals surface area contributed by atoms with Gasteiger partial charge in [-0.05, 0) is 38.3 Å². The van der Waals surface area contributed by atoms with Crippen LogP contribution in [0, 0.1) is 0 Å². The van der Waals surface area contributed by atoms with Crippen LogP contribution in [0.4, 0.5) is 0 Å². The van der Waals surface area contributed by atoms with E-state index in [1.165, 1.54) is 11.3 Å². The van der Waals surface area contributed by atoms with Crippen LogP contribution in [-0.4, -0.2) is 39.4 Å². The average molecular weight is 403 g/mol. The predicted molar refractivity (Wildman–Crippen MR) is 107 cm³/mol. The van der Waals surface area contributed by atoms with Crippen molar-refractivity contribution in [2.45, 2.75) is 44.7 Å². The van der Waals surface area contributed by atoms with E-state index in [1.807, 2.05) is 35.4 Å². The van der Waals surface area contributed by atoms with Gasteiger partial charge in [-0.15, -0.1) is 36.2 Å². The Labute approximate surface area is 164 Å². The van der Waals surface area contributed by atoms with E-state index in [0.29, 0.717) is 6.42 Å². The lowest BCUT2D eigenvalue weighted by Crippen LogP contribution is -2.52. The van der Waals surface area contributed by atoms with Crippen LogP contribution in [0.25, 0.3) is 10.7 Å². The van der Waals surface area contributed by atoms with Crippen molar-refractivity contribution in [3.05, 3.63) is 35.5 Å². The number of aromatic nitrogens is 2. The lowest BCUT2D eigenvalue weighted by atomic mass is 9.96. The van der Waals surface area contributed by atoms with E-state index in [2.05, 4.69) is 9.97 Å². The molecule has 1 aliphatic heterocycles. The largest absolute Gasteiger partial charge is 0.338 e. The summed E-state index contributed by atoms with van der Waals surface area (Å²) in [5.41, 5.74) is 7.72. The fraction of sp³-hybridized carbons (Fsp3) is 0.471. The zero-order chi connectivity index (χ0) is 16.2. The highest BCUT2D eigenvalue weighted by atomic mass is 35.5. The molecule has 2 unspecified atom stereocenters. The van der Waals surface area contributed by atoms with Gasteiger partial charge in [0.2, 0.25) is 5.91 Å². The van der Waals surface area contributed by atoms with Gasteiger partial charge in [0.25, 0.3) is 0 Å². The first-order chi connectivity index (χ1) is 11.1. The van der Waals surface area contributed by atoms with Gasteiger partial charge in [0.05, 0.1) is 17.8 Å². The zero-order valence-corrected chi connectivity index (χ0v) is 16.6. The van der Waals surface area contributed by atoms with Crippen LogP contribution in [0.2, 0.25) is 0 Å². The Morgan fingerprint density at radius 1 is 1.40 bits per heavy atom. The Hall–Kier alpha value is -1.21. The second kappa shape index (κ2) is 10.1. The number of carbonyl (C=O) groups is 1. The molecule has 0 radical (unpaired) electrons. The molecule has 3 rings (SSSR count). The van der Waals surface area contributed by atoms with Gasteiger partial charge in [0.1, 0.15) is 5.01 Å². The Morgan fingerprint density at radius 2 is 2.20 bits per heavy atom. The number of halogens is 2.